The molecule has 1 unspecified atom stereocenters. The molecule has 0 aromatic carbocycles. The van der Waals surface area contributed by atoms with E-state index in [2.05, 4.69) is 15.6 Å². The summed E-state index contributed by atoms with van der Waals surface area (Å²) in [7, 11) is 0. The van der Waals surface area contributed by atoms with Crippen molar-refractivity contribution in [2.24, 2.45) is 5.92 Å². The summed E-state index contributed by atoms with van der Waals surface area (Å²) in [6.45, 7) is 2.75. The van der Waals surface area contributed by atoms with Crippen LogP contribution in [0.3, 0.4) is 0 Å². The molecule has 18 heavy (non-hydrogen) atoms. The number of hydrogen-bond donors (Lipinski definition) is 2. The summed E-state index contributed by atoms with van der Waals surface area (Å²) < 4.78 is 0. The predicted octanol–water partition coefficient (Wildman–Crippen LogP) is 1.13. The number of nitrogens with zero attached hydrogens (tertiary/aromatic N) is 1. The van der Waals surface area contributed by atoms with Crippen molar-refractivity contribution in [3.05, 3.63) is 30.1 Å². The Morgan fingerprint density at radius 3 is 3.17 bits per heavy atom. The van der Waals surface area contributed by atoms with Crippen molar-refractivity contribution in [1.29, 1.82) is 0 Å². The van der Waals surface area contributed by atoms with Gasteiger partial charge in [-0.15, -0.1) is 0 Å². The lowest BCUT2D eigenvalue weighted by Crippen LogP contribution is -2.34. The van der Waals surface area contributed by atoms with Crippen molar-refractivity contribution in [3.8, 4) is 0 Å². The first-order valence-corrected chi connectivity index (χ1v) is 6.72. The number of pyridine rings is 1. The highest BCUT2D eigenvalue weighted by molar-refractivity contribution is 5.76. The zero-order chi connectivity index (χ0) is 12.6. The van der Waals surface area contributed by atoms with Gasteiger partial charge in [0.05, 0.1) is 0 Å². The first-order valence-electron chi connectivity index (χ1n) is 6.72. The molecular formula is C14H21N3O. The van der Waals surface area contributed by atoms with Crippen molar-refractivity contribution in [2.45, 2.75) is 25.7 Å². The molecule has 0 aliphatic carbocycles. The zero-order valence-electron chi connectivity index (χ0n) is 10.7. The van der Waals surface area contributed by atoms with Crippen molar-refractivity contribution >= 4 is 5.91 Å². The summed E-state index contributed by atoms with van der Waals surface area (Å²) in [6.07, 6.45) is 5.59. The summed E-state index contributed by atoms with van der Waals surface area (Å²) in [5.41, 5.74) is 1.03. The van der Waals surface area contributed by atoms with E-state index >= 15 is 0 Å². The van der Waals surface area contributed by atoms with Gasteiger partial charge >= 0.3 is 0 Å². The summed E-state index contributed by atoms with van der Waals surface area (Å²) in [6, 6.07) is 5.85. The molecule has 0 spiro atoms. The van der Waals surface area contributed by atoms with Crippen LogP contribution in [0.15, 0.2) is 24.4 Å². The van der Waals surface area contributed by atoms with E-state index in [1.165, 1.54) is 12.8 Å². The predicted molar refractivity (Wildman–Crippen MR) is 71.2 cm³/mol. The Balaban J connectivity index is 1.62. The fraction of sp³-hybridized carbons (Fsp3) is 0.571. The normalized spacial score (nSPS) is 19.4. The van der Waals surface area contributed by atoms with E-state index in [4.69, 9.17) is 0 Å². The molecule has 4 nitrogen and oxygen atoms in total. The number of nitrogens with one attached hydrogen (secondary N) is 2. The molecule has 1 saturated heterocycles. The maximum Gasteiger partial charge on any atom is 0.220 e. The second-order valence-electron chi connectivity index (χ2n) is 4.84. The average Bonchev–Trinajstić information content (AvgIpc) is 2.41. The van der Waals surface area contributed by atoms with Gasteiger partial charge in [-0.3, -0.25) is 9.78 Å². The highest BCUT2D eigenvalue weighted by atomic mass is 16.1. The Labute approximate surface area is 108 Å². The van der Waals surface area contributed by atoms with E-state index in [-0.39, 0.29) is 5.91 Å². The fourth-order valence-corrected chi connectivity index (χ4v) is 2.31. The van der Waals surface area contributed by atoms with Crippen LogP contribution in [-0.2, 0) is 11.2 Å². The van der Waals surface area contributed by atoms with Gasteiger partial charge < -0.3 is 10.6 Å². The van der Waals surface area contributed by atoms with E-state index in [0.717, 1.165) is 25.2 Å². The molecule has 4 heteroatoms. The third kappa shape index (κ3) is 4.45. The Hall–Kier alpha value is -1.42. The van der Waals surface area contributed by atoms with Crippen LogP contribution in [0.4, 0.5) is 0 Å². The first kappa shape index (κ1) is 13.0. The van der Waals surface area contributed by atoms with Gasteiger partial charge in [0, 0.05) is 31.3 Å². The molecule has 1 aromatic heterocycles. The fourth-order valence-electron chi connectivity index (χ4n) is 2.31. The lowest BCUT2D eigenvalue weighted by Gasteiger charge is -2.22. The molecule has 2 heterocycles. The quantitative estimate of drug-likeness (QED) is 0.820. The standard InChI is InChI=1S/C14H21N3O/c18-14(10-12-4-3-7-15-11-12)17-9-6-13-5-1-2-8-16-13/h1-2,5,8,12,15H,3-4,6-7,9-11H2,(H,17,18). The minimum absolute atomic E-state index is 0.166. The molecule has 1 fully saturated rings. The van der Waals surface area contributed by atoms with E-state index in [1.54, 1.807) is 6.20 Å². The Morgan fingerprint density at radius 1 is 1.50 bits per heavy atom. The zero-order valence-corrected chi connectivity index (χ0v) is 10.7. The average molecular weight is 247 g/mol. The SMILES string of the molecule is O=C(CC1CCCNC1)NCCc1ccccn1. The summed E-state index contributed by atoms with van der Waals surface area (Å²) >= 11 is 0. The molecule has 0 bridgehead atoms. The number of carbonyl (C=O) groups excluding carboxylic acids is 1. The van der Waals surface area contributed by atoms with Gasteiger partial charge in [0.25, 0.3) is 0 Å². The molecule has 98 valence electrons. The summed E-state index contributed by atoms with van der Waals surface area (Å²) in [5, 5.41) is 6.30. The minimum Gasteiger partial charge on any atom is -0.356 e. The molecule has 1 atom stereocenters. The second-order valence-corrected chi connectivity index (χ2v) is 4.84. The Kier molecular flexibility index (Phi) is 5.15. The summed E-state index contributed by atoms with van der Waals surface area (Å²) in [4.78, 5) is 16.0. The highest BCUT2D eigenvalue weighted by Crippen LogP contribution is 2.13. The van der Waals surface area contributed by atoms with Gasteiger partial charge in [-0.05, 0) is 44.0 Å². The van der Waals surface area contributed by atoms with Crippen molar-refractivity contribution in [1.82, 2.24) is 15.6 Å². The Morgan fingerprint density at radius 2 is 2.44 bits per heavy atom. The maximum atomic E-state index is 11.7. The van der Waals surface area contributed by atoms with E-state index in [0.29, 0.717) is 18.9 Å². The Bertz CT molecular complexity index is 361. The van der Waals surface area contributed by atoms with Crippen molar-refractivity contribution < 1.29 is 4.79 Å². The van der Waals surface area contributed by atoms with Crippen molar-refractivity contribution in [3.63, 3.8) is 0 Å². The van der Waals surface area contributed by atoms with Crippen LogP contribution < -0.4 is 10.6 Å². The molecule has 2 N–H and O–H groups in total. The number of aromatic nitrogens is 1. The van der Waals surface area contributed by atoms with Crippen LogP contribution in [0.2, 0.25) is 0 Å². The first-order chi connectivity index (χ1) is 8.84. The van der Waals surface area contributed by atoms with Crippen LogP contribution in [0.1, 0.15) is 25.0 Å². The molecule has 1 aliphatic rings. The van der Waals surface area contributed by atoms with E-state index in [9.17, 15) is 4.79 Å². The third-order valence-corrected chi connectivity index (χ3v) is 3.30. The van der Waals surface area contributed by atoms with Gasteiger partial charge in [-0.25, -0.2) is 0 Å². The van der Waals surface area contributed by atoms with Crippen LogP contribution >= 0.6 is 0 Å². The number of amides is 1. The molecule has 1 amide bonds. The number of hydrogen-bond acceptors (Lipinski definition) is 3. The van der Waals surface area contributed by atoms with Crippen LogP contribution in [-0.4, -0.2) is 30.5 Å². The van der Waals surface area contributed by atoms with E-state index < -0.39 is 0 Å². The van der Waals surface area contributed by atoms with Crippen LogP contribution in [0.5, 0.6) is 0 Å². The summed E-state index contributed by atoms with van der Waals surface area (Å²) in [5.74, 6) is 0.674. The maximum absolute atomic E-state index is 11.7. The lowest BCUT2D eigenvalue weighted by molar-refractivity contribution is -0.122. The lowest BCUT2D eigenvalue weighted by atomic mass is 9.96. The van der Waals surface area contributed by atoms with Crippen molar-refractivity contribution in [2.75, 3.05) is 19.6 Å². The number of rotatable bonds is 5. The number of carbonyl (C=O) groups is 1. The van der Waals surface area contributed by atoms with Gasteiger partial charge in [-0.2, -0.15) is 0 Å². The molecule has 1 aromatic rings. The van der Waals surface area contributed by atoms with Crippen LogP contribution in [0.25, 0.3) is 0 Å². The highest BCUT2D eigenvalue weighted by Gasteiger charge is 2.16. The van der Waals surface area contributed by atoms with Gasteiger partial charge in [-0.1, -0.05) is 6.07 Å². The van der Waals surface area contributed by atoms with Crippen LogP contribution in [0, 0.1) is 5.92 Å². The third-order valence-electron chi connectivity index (χ3n) is 3.30. The molecule has 1 aliphatic heterocycles. The molecule has 0 saturated carbocycles. The van der Waals surface area contributed by atoms with Gasteiger partial charge in [0.15, 0.2) is 0 Å². The molecule has 2 rings (SSSR count). The van der Waals surface area contributed by atoms with E-state index in [1.807, 2.05) is 18.2 Å². The smallest absolute Gasteiger partial charge is 0.220 e. The van der Waals surface area contributed by atoms with Gasteiger partial charge in [0.1, 0.15) is 0 Å². The van der Waals surface area contributed by atoms with Gasteiger partial charge in [0.2, 0.25) is 5.91 Å². The monoisotopic (exact) mass is 247 g/mol. The minimum atomic E-state index is 0.166. The second kappa shape index (κ2) is 7.11. The largest absolute Gasteiger partial charge is 0.356 e. The molecular weight excluding hydrogens is 226 g/mol. The number of piperidine rings is 1. The molecule has 0 radical (unpaired) electrons. The topological polar surface area (TPSA) is 54.0 Å².